The summed E-state index contributed by atoms with van der Waals surface area (Å²) in [6.07, 6.45) is 24.1. The number of Topliss-reactive ketones (excluding diaryl/α,β-unsaturated/α-hetero) is 2. The van der Waals surface area contributed by atoms with Crippen LogP contribution in [0.2, 0.25) is 0 Å². The van der Waals surface area contributed by atoms with E-state index in [-0.39, 0.29) is 42.6 Å². The fourth-order valence-electron chi connectivity index (χ4n) is 5.42. The zero-order valence-electron chi connectivity index (χ0n) is 26.5. The van der Waals surface area contributed by atoms with Crippen LogP contribution in [0.5, 0.6) is 0 Å². The number of nitrogens with zero attached hydrogens (tertiary/aromatic N) is 3. The van der Waals surface area contributed by atoms with Crippen molar-refractivity contribution in [2.75, 3.05) is 5.73 Å². The molecule has 3 N–H and O–H groups in total. The van der Waals surface area contributed by atoms with Gasteiger partial charge in [-0.1, -0.05) is 117 Å². The van der Waals surface area contributed by atoms with E-state index in [1.165, 1.54) is 96.2 Å². The summed E-state index contributed by atoms with van der Waals surface area (Å²) in [7, 11) is 0. The first-order valence-corrected chi connectivity index (χ1v) is 16.8. The normalized spacial score (nSPS) is 11.6. The van der Waals surface area contributed by atoms with Crippen LogP contribution in [-0.2, 0) is 21.1 Å². The molecule has 0 saturated carbocycles. The number of nitrogens with two attached hydrogens (primary N) is 1. The Hall–Kier alpha value is -2.55. The molecule has 0 unspecified atom stereocenters. The van der Waals surface area contributed by atoms with Gasteiger partial charge < -0.3 is 10.5 Å². The van der Waals surface area contributed by atoms with E-state index in [9.17, 15) is 14.4 Å². The van der Waals surface area contributed by atoms with E-state index in [2.05, 4.69) is 28.8 Å². The molecule has 9 heteroatoms. The van der Waals surface area contributed by atoms with Gasteiger partial charge in [-0.3, -0.25) is 23.9 Å². The molecule has 0 amide bonds. The van der Waals surface area contributed by atoms with Crippen LogP contribution in [-0.4, -0.2) is 37.2 Å². The minimum atomic E-state index is -0.515. The number of unbranched alkanes of at least 4 members (excludes halogenated alkanes) is 16. The predicted molar refractivity (Wildman–Crippen MR) is 170 cm³/mol. The van der Waals surface area contributed by atoms with Crippen molar-refractivity contribution in [1.82, 2.24) is 19.5 Å². The number of ether oxygens (including phenoxy) is 1. The minimum Gasteiger partial charge on any atom is -0.369 e. The first kappa shape index (κ1) is 35.6. The number of fused-ring (bicyclic) bond motifs is 1. The largest absolute Gasteiger partial charge is 0.369 e. The molecule has 9 nitrogen and oxygen atoms in total. The summed E-state index contributed by atoms with van der Waals surface area (Å²) in [4.78, 5) is 48.5. The quantitative estimate of drug-likeness (QED) is 0.102. The van der Waals surface area contributed by atoms with Crippen LogP contribution >= 0.6 is 0 Å². The van der Waals surface area contributed by atoms with Gasteiger partial charge in [-0.15, -0.1) is 0 Å². The second-order valence-electron chi connectivity index (χ2n) is 11.9. The number of H-pyrrole nitrogens is 1. The molecule has 0 atom stereocenters. The van der Waals surface area contributed by atoms with E-state index < -0.39 is 11.7 Å². The predicted octanol–water partition coefficient (Wildman–Crippen LogP) is 7.80. The molecule has 0 aromatic carbocycles. The maximum Gasteiger partial charge on any atom is 0.280 e. The van der Waals surface area contributed by atoms with Crippen LogP contribution in [0.4, 0.5) is 5.95 Å². The Kier molecular flexibility index (Phi) is 18.7. The molecule has 0 aliphatic carbocycles. The Bertz CT molecular complexity index is 1040. The first-order valence-electron chi connectivity index (χ1n) is 16.8. The Balaban J connectivity index is 1.80. The molecule has 0 fully saturated rings. The molecule has 2 aromatic rings. The van der Waals surface area contributed by atoms with Gasteiger partial charge in [0.15, 0.2) is 11.2 Å². The van der Waals surface area contributed by atoms with Crippen LogP contribution in [0.25, 0.3) is 11.2 Å². The summed E-state index contributed by atoms with van der Waals surface area (Å²) in [6.45, 7) is 4.50. The van der Waals surface area contributed by atoms with Gasteiger partial charge in [0, 0.05) is 25.7 Å². The van der Waals surface area contributed by atoms with E-state index in [0.717, 1.165) is 25.7 Å². The van der Waals surface area contributed by atoms with E-state index >= 15 is 0 Å². The van der Waals surface area contributed by atoms with Gasteiger partial charge in [-0.05, 0) is 12.8 Å². The van der Waals surface area contributed by atoms with Crippen molar-refractivity contribution in [3.8, 4) is 0 Å². The molecule has 0 aliphatic rings. The van der Waals surface area contributed by atoms with Gasteiger partial charge in [-0.2, -0.15) is 4.98 Å². The molecule has 0 saturated heterocycles. The number of aromatic nitrogens is 4. The molecular weight excluding hydrogens is 530 g/mol. The highest BCUT2D eigenvalue weighted by atomic mass is 16.5. The number of nitrogens with one attached hydrogen (secondary N) is 1. The number of carbonyl (C=O) groups is 2. The smallest absolute Gasteiger partial charge is 0.280 e. The van der Waals surface area contributed by atoms with Gasteiger partial charge in [0.1, 0.15) is 18.3 Å². The Labute approximate surface area is 252 Å². The van der Waals surface area contributed by atoms with Crippen molar-refractivity contribution in [1.29, 1.82) is 0 Å². The number of ketones is 2. The van der Waals surface area contributed by atoms with Gasteiger partial charge in [0.2, 0.25) is 5.95 Å². The maximum absolute atomic E-state index is 12.8. The van der Waals surface area contributed by atoms with E-state index in [1.54, 1.807) is 4.57 Å². The maximum atomic E-state index is 12.8. The number of aromatic amines is 1. The van der Waals surface area contributed by atoms with Gasteiger partial charge in [0.25, 0.3) is 5.56 Å². The molecule has 0 aliphatic heterocycles. The number of imidazole rings is 1. The molecule has 0 spiro atoms. The number of hydrogen-bond acceptors (Lipinski definition) is 7. The lowest BCUT2D eigenvalue weighted by Gasteiger charge is -2.17. The van der Waals surface area contributed by atoms with Crippen LogP contribution in [0.15, 0.2) is 11.1 Å². The lowest BCUT2D eigenvalue weighted by atomic mass is 9.99. The van der Waals surface area contributed by atoms with Gasteiger partial charge >= 0.3 is 0 Å². The highest BCUT2D eigenvalue weighted by Gasteiger charge is 2.19. The van der Waals surface area contributed by atoms with Crippen LogP contribution < -0.4 is 11.3 Å². The van der Waals surface area contributed by atoms with Gasteiger partial charge in [0.05, 0.1) is 12.4 Å². The van der Waals surface area contributed by atoms with E-state index in [0.29, 0.717) is 18.5 Å². The molecule has 0 radical (unpaired) electrons. The number of nitrogen functional groups attached to an aromatic ring is 1. The van der Waals surface area contributed by atoms with Crippen molar-refractivity contribution >= 4 is 28.7 Å². The zero-order valence-corrected chi connectivity index (χ0v) is 26.5. The topological polar surface area (TPSA) is 133 Å². The third-order valence-electron chi connectivity index (χ3n) is 7.97. The molecular formula is C33H57N5O4. The Morgan fingerprint density at radius 1 is 0.786 bits per heavy atom. The lowest BCUT2D eigenvalue weighted by Crippen LogP contribution is -2.23. The minimum absolute atomic E-state index is 0.00178. The van der Waals surface area contributed by atoms with Crippen molar-refractivity contribution in [3.63, 3.8) is 0 Å². The first-order chi connectivity index (χ1) is 20.4. The van der Waals surface area contributed by atoms with Crippen LogP contribution in [0, 0.1) is 0 Å². The molecule has 2 heterocycles. The molecule has 42 heavy (non-hydrogen) atoms. The number of anilines is 1. The summed E-state index contributed by atoms with van der Waals surface area (Å²) in [5.41, 5.74) is 5.78. The second-order valence-corrected chi connectivity index (χ2v) is 11.9. The molecule has 2 rings (SSSR count). The average Bonchev–Trinajstić information content (AvgIpc) is 3.37. The summed E-state index contributed by atoms with van der Waals surface area (Å²) >= 11 is 0. The highest BCUT2D eigenvalue weighted by Crippen LogP contribution is 2.17. The fraction of sp³-hybridized carbons (Fsp3) is 0.788. The summed E-state index contributed by atoms with van der Waals surface area (Å²) in [6, 6.07) is 0. The molecule has 0 bridgehead atoms. The van der Waals surface area contributed by atoms with Crippen LogP contribution in [0.3, 0.4) is 0 Å². The lowest BCUT2D eigenvalue weighted by molar-refractivity contribution is -0.127. The zero-order chi connectivity index (χ0) is 30.4. The average molecular weight is 588 g/mol. The van der Waals surface area contributed by atoms with Crippen LogP contribution in [0.1, 0.15) is 155 Å². The third kappa shape index (κ3) is 15.1. The standard InChI is InChI=1S/C33H57N5O4/c1-3-5-7-9-11-13-15-17-19-21-27(39)23-29(24-28(40)22-20-18-16-14-12-10-8-6-4-2)42-26-38-25-35-30-31(38)36-33(34)37-32(30)41/h25,29H,3-24,26H2,1-2H3,(H3,34,36,37,41). The van der Waals surface area contributed by atoms with E-state index in [4.69, 9.17) is 10.5 Å². The monoisotopic (exact) mass is 587 g/mol. The van der Waals surface area contributed by atoms with Crippen molar-refractivity contribution in [3.05, 3.63) is 16.7 Å². The van der Waals surface area contributed by atoms with Gasteiger partial charge in [-0.25, -0.2) is 4.98 Å². The molecule has 238 valence electrons. The molecule has 2 aromatic heterocycles. The SMILES string of the molecule is CCCCCCCCCCCC(=O)CC(CC(=O)CCCCCCCCCCC)OCn1cnc2c(=O)[nH]c(N)nc21. The summed E-state index contributed by atoms with van der Waals surface area (Å²) in [5.74, 6) is 0.263. The third-order valence-corrected chi connectivity index (χ3v) is 7.97. The number of carbonyl (C=O) groups excluding carboxylic acids is 2. The van der Waals surface area contributed by atoms with Crippen molar-refractivity contribution in [2.24, 2.45) is 0 Å². The fourth-order valence-corrected chi connectivity index (χ4v) is 5.42. The summed E-state index contributed by atoms with van der Waals surface area (Å²) < 4.78 is 7.67. The number of rotatable bonds is 27. The van der Waals surface area contributed by atoms with Crippen molar-refractivity contribution in [2.45, 2.75) is 168 Å². The highest BCUT2D eigenvalue weighted by molar-refractivity contribution is 5.82. The Morgan fingerprint density at radius 3 is 1.71 bits per heavy atom. The van der Waals surface area contributed by atoms with E-state index in [1.807, 2.05) is 0 Å². The second kappa shape index (κ2) is 22.1. The number of hydrogen-bond donors (Lipinski definition) is 2. The summed E-state index contributed by atoms with van der Waals surface area (Å²) in [5, 5.41) is 0. The van der Waals surface area contributed by atoms with Crippen molar-refractivity contribution < 1.29 is 14.3 Å². The Morgan fingerprint density at radius 2 is 1.24 bits per heavy atom.